The van der Waals surface area contributed by atoms with Gasteiger partial charge in [0.1, 0.15) is 0 Å². The van der Waals surface area contributed by atoms with Crippen LogP contribution >= 0.6 is 12.4 Å². The minimum atomic E-state index is 0. The molecule has 1 heterocycles. The van der Waals surface area contributed by atoms with E-state index in [1.165, 1.54) is 11.1 Å². The van der Waals surface area contributed by atoms with Gasteiger partial charge < -0.3 is 10.6 Å². The summed E-state index contributed by atoms with van der Waals surface area (Å²) in [5.74, 6) is 0.0696. The van der Waals surface area contributed by atoms with E-state index in [0.717, 1.165) is 31.9 Å². The molecule has 2 N–H and O–H groups in total. The molecule has 5 heteroatoms. The largest absolute Gasteiger partial charge is 0.325 e. The van der Waals surface area contributed by atoms with Crippen LogP contribution in [-0.4, -0.2) is 43.5 Å². The third-order valence-corrected chi connectivity index (χ3v) is 3.37. The van der Waals surface area contributed by atoms with Crippen LogP contribution in [0.15, 0.2) is 18.2 Å². The molecule has 2 rings (SSSR count). The standard InChI is InChI=1S/C14H21N3O.ClH/c1-11-3-4-13(9-12(11)2)16-14(18)10-17-7-5-15-6-8-17;/h3-4,9,15H,5-8,10H2,1-2H3,(H,16,18);1H. The highest BCUT2D eigenvalue weighted by molar-refractivity contribution is 5.92. The molecule has 1 aliphatic rings. The number of hydrogen-bond donors (Lipinski definition) is 2. The monoisotopic (exact) mass is 283 g/mol. The number of amides is 1. The summed E-state index contributed by atoms with van der Waals surface area (Å²) in [6.45, 7) is 8.44. The molecule has 4 nitrogen and oxygen atoms in total. The Balaban J connectivity index is 0.00000180. The molecule has 19 heavy (non-hydrogen) atoms. The summed E-state index contributed by atoms with van der Waals surface area (Å²) in [5, 5.41) is 6.23. The van der Waals surface area contributed by atoms with Crippen molar-refractivity contribution in [2.75, 3.05) is 38.0 Å². The van der Waals surface area contributed by atoms with Crippen LogP contribution in [0.3, 0.4) is 0 Å². The van der Waals surface area contributed by atoms with E-state index in [-0.39, 0.29) is 18.3 Å². The summed E-state index contributed by atoms with van der Waals surface area (Å²) in [6.07, 6.45) is 0. The van der Waals surface area contributed by atoms with E-state index in [1.54, 1.807) is 0 Å². The number of aryl methyl sites for hydroxylation is 2. The number of piperazine rings is 1. The molecule has 1 amide bonds. The molecular formula is C14H22ClN3O. The lowest BCUT2D eigenvalue weighted by Gasteiger charge is -2.26. The maximum Gasteiger partial charge on any atom is 0.238 e. The molecule has 1 aromatic rings. The van der Waals surface area contributed by atoms with Gasteiger partial charge in [-0.3, -0.25) is 9.69 Å². The Morgan fingerprint density at radius 2 is 1.95 bits per heavy atom. The van der Waals surface area contributed by atoms with Gasteiger partial charge in [-0.15, -0.1) is 12.4 Å². The number of nitrogens with one attached hydrogen (secondary N) is 2. The van der Waals surface area contributed by atoms with Crippen LogP contribution in [0.2, 0.25) is 0 Å². The van der Waals surface area contributed by atoms with E-state index in [4.69, 9.17) is 0 Å². The first kappa shape index (κ1) is 16.0. The Kier molecular flexibility index (Phi) is 6.28. The number of rotatable bonds is 3. The number of halogens is 1. The molecule has 106 valence electrons. The number of hydrogen-bond acceptors (Lipinski definition) is 3. The first-order chi connectivity index (χ1) is 8.65. The van der Waals surface area contributed by atoms with Gasteiger partial charge in [0.05, 0.1) is 6.54 Å². The van der Waals surface area contributed by atoms with Crippen molar-refractivity contribution in [2.24, 2.45) is 0 Å². The van der Waals surface area contributed by atoms with Gasteiger partial charge in [-0.1, -0.05) is 6.07 Å². The molecule has 1 aliphatic heterocycles. The summed E-state index contributed by atoms with van der Waals surface area (Å²) in [5.41, 5.74) is 3.34. The number of carbonyl (C=O) groups excluding carboxylic acids is 1. The molecule has 1 saturated heterocycles. The van der Waals surface area contributed by atoms with E-state index in [2.05, 4.69) is 29.4 Å². The molecule has 0 bridgehead atoms. The average molecular weight is 284 g/mol. The Morgan fingerprint density at radius 3 is 2.58 bits per heavy atom. The molecule has 1 fully saturated rings. The van der Waals surface area contributed by atoms with Gasteiger partial charge >= 0.3 is 0 Å². The highest BCUT2D eigenvalue weighted by atomic mass is 35.5. The lowest BCUT2D eigenvalue weighted by molar-refractivity contribution is -0.117. The van der Waals surface area contributed by atoms with E-state index < -0.39 is 0 Å². The van der Waals surface area contributed by atoms with Crippen molar-refractivity contribution in [1.82, 2.24) is 10.2 Å². The van der Waals surface area contributed by atoms with Crippen molar-refractivity contribution in [3.8, 4) is 0 Å². The molecular weight excluding hydrogens is 262 g/mol. The van der Waals surface area contributed by atoms with Crippen LogP contribution in [0, 0.1) is 13.8 Å². The van der Waals surface area contributed by atoms with Gasteiger partial charge in [-0.05, 0) is 37.1 Å². The van der Waals surface area contributed by atoms with E-state index in [9.17, 15) is 4.79 Å². The van der Waals surface area contributed by atoms with Gasteiger partial charge in [-0.25, -0.2) is 0 Å². The fourth-order valence-corrected chi connectivity index (χ4v) is 2.09. The molecule has 0 unspecified atom stereocenters. The zero-order valence-corrected chi connectivity index (χ0v) is 12.3. The molecule has 0 atom stereocenters. The van der Waals surface area contributed by atoms with Crippen LogP contribution in [0.4, 0.5) is 5.69 Å². The molecule has 0 saturated carbocycles. The number of carbonyl (C=O) groups is 1. The fraction of sp³-hybridized carbons (Fsp3) is 0.500. The topological polar surface area (TPSA) is 44.4 Å². The predicted octanol–water partition coefficient (Wildman–Crippen LogP) is 1.57. The Hall–Kier alpha value is -1.10. The van der Waals surface area contributed by atoms with Crippen molar-refractivity contribution < 1.29 is 4.79 Å². The van der Waals surface area contributed by atoms with Crippen LogP contribution in [0.1, 0.15) is 11.1 Å². The van der Waals surface area contributed by atoms with Crippen LogP contribution < -0.4 is 10.6 Å². The van der Waals surface area contributed by atoms with Gasteiger partial charge in [0, 0.05) is 31.9 Å². The molecule has 0 aromatic heterocycles. The summed E-state index contributed by atoms with van der Waals surface area (Å²) >= 11 is 0. The zero-order chi connectivity index (χ0) is 13.0. The minimum absolute atomic E-state index is 0. The summed E-state index contributed by atoms with van der Waals surface area (Å²) in [4.78, 5) is 14.1. The smallest absolute Gasteiger partial charge is 0.238 e. The van der Waals surface area contributed by atoms with E-state index in [0.29, 0.717) is 6.54 Å². The second kappa shape index (κ2) is 7.48. The lowest BCUT2D eigenvalue weighted by Crippen LogP contribution is -2.46. The first-order valence-electron chi connectivity index (χ1n) is 6.45. The third-order valence-electron chi connectivity index (χ3n) is 3.37. The first-order valence-corrected chi connectivity index (χ1v) is 6.45. The SMILES string of the molecule is Cc1ccc(NC(=O)CN2CCNCC2)cc1C.Cl. The average Bonchev–Trinajstić information content (AvgIpc) is 2.35. The summed E-state index contributed by atoms with van der Waals surface area (Å²) in [6, 6.07) is 6.01. The van der Waals surface area contributed by atoms with E-state index >= 15 is 0 Å². The number of nitrogens with zero attached hydrogens (tertiary/aromatic N) is 1. The van der Waals surface area contributed by atoms with Crippen molar-refractivity contribution in [1.29, 1.82) is 0 Å². The fourth-order valence-electron chi connectivity index (χ4n) is 2.09. The van der Waals surface area contributed by atoms with Crippen molar-refractivity contribution in [3.05, 3.63) is 29.3 Å². The van der Waals surface area contributed by atoms with Crippen LogP contribution in [0.25, 0.3) is 0 Å². The minimum Gasteiger partial charge on any atom is -0.325 e. The third kappa shape index (κ3) is 4.82. The maximum absolute atomic E-state index is 11.9. The highest BCUT2D eigenvalue weighted by Gasteiger charge is 2.13. The molecule has 0 spiro atoms. The van der Waals surface area contributed by atoms with Gasteiger partial charge in [0.25, 0.3) is 0 Å². The second-order valence-corrected chi connectivity index (χ2v) is 4.87. The van der Waals surface area contributed by atoms with Crippen LogP contribution in [-0.2, 0) is 4.79 Å². The van der Waals surface area contributed by atoms with Gasteiger partial charge in [0.15, 0.2) is 0 Å². The second-order valence-electron chi connectivity index (χ2n) is 4.87. The van der Waals surface area contributed by atoms with Crippen molar-refractivity contribution in [3.63, 3.8) is 0 Å². The summed E-state index contributed by atoms with van der Waals surface area (Å²) < 4.78 is 0. The number of benzene rings is 1. The van der Waals surface area contributed by atoms with Gasteiger partial charge in [-0.2, -0.15) is 0 Å². The van der Waals surface area contributed by atoms with Crippen molar-refractivity contribution in [2.45, 2.75) is 13.8 Å². The maximum atomic E-state index is 11.9. The highest BCUT2D eigenvalue weighted by Crippen LogP contribution is 2.14. The lowest BCUT2D eigenvalue weighted by atomic mass is 10.1. The number of anilines is 1. The Morgan fingerprint density at radius 1 is 1.26 bits per heavy atom. The van der Waals surface area contributed by atoms with Crippen molar-refractivity contribution >= 4 is 24.0 Å². The summed E-state index contributed by atoms with van der Waals surface area (Å²) in [7, 11) is 0. The predicted molar refractivity (Wildman–Crippen MR) is 81.1 cm³/mol. The Labute approximate surface area is 121 Å². The van der Waals surface area contributed by atoms with Gasteiger partial charge in [0.2, 0.25) is 5.91 Å². The molecule has 1 aromatic carbocycles. The van der Waals surface area contributed by atoms with E-state index in [1.807, 2.05) is 18.2 Å². The molecule has 0 radical (unpaired) electrons. The van der Waals surface area contributed by atoms with Crippen LogP contribution in [0.5, 0.6) is 0 Å². The Bertz CT molecular complexity index is 431. The normalized spacial score (nSPS) is 15.7. The molecule has 0 aliphatic carbocycles. The quantitative estimate of drug-likeness (QED) is 0.885. The zero-order valence-electron chi connectivity index (χ0n) is 11.5.